The predicted octanol–water partition coefficient (Wildman–Crippen LogP) is 2.02. The topological polar surface area (TPSA) is 96.0 Å². The normalized spacial score (nSPS) is 22.1. The van der Waals surface area contributed by atoms with E-state index in [9.17, 15) is 14.0 Å². The van der Waals surface area contributed by atoms with Crippen LogP contribution in [-0.4, -0.2) is 67.1 Å². The molecule has 0 aliphatic carbocycles. The Morgan fingerprint density at radius 1 is 1.03 bits per heavy atom. The van der Waals surface area contributed by atoms with Crippen LogP contribution in [0.15, 0.2) is 24.3 Å². The molecule has 1 fully saturated rings. The minimum Gasteiger partial charge on any atom is -0.482 e. The Labute approximate surface area is 202 Å². The lowest BCUT2D eigenvalue weighted by Crippen LogP contribution is -2.46. The summed E-state index contributed by atoms with van der Waals surface area (Å²) in [6.45, 7) is 3.88. The summed E-state index contributed by atoms with van der Waals surface area (Å²) in [6.07, 6.45) is 2.72. The monoisotopic (exact) mass is 481 g/mol. The smallest absolute Gasteiger partial charge is 0.265 e. The van der Waals surface area contributed by atoms with Gasteiger partial charge in [-0.05, 0) is 56.6 Å². The third-order valence-corrected chi connectivity index (χ3v) is 7.33. The first-order valence-corrected chi connectivity index (χ1v) is 12.2. The van der Waals surface area contributed by atoms with Crippen molar-refractivity contribution in [2.75, 3.05) is 49.6 Å². The zero-order valence-electron chi connectivity index (χ0n) is 19.4. The molecule has 35 heavy (non-hydrogen) atoms. The first kappa shape index (κ1) is 22.2. The van der Waals surface area contributed by atoms with Crippen LogP contribution in [0, 0.1) is 5.82 Å². The van der Waals surface area contributed by atoms with E-state index in [1.807, 2.05) is 12.1 Å². The van der Waals surface area contributed by atoms with Crippen LogP contribution in [0.5, 0.6) is 11.5 Å². The zero-order chi connectivity index (χ0) is 23.9. The second-order valence-electron chi connectivity index (χ2n) is 9.57. The molecule has 0 radical (unpaired) electrons. The van der Waals surface area contributed by atoms with E-state index in [4.69, 9.17) is 9.47 Å². The highest BCUT2D eigenvalue weighted by molar-refractivity contribution is 5.99. The van der Waals surface area contributed by atoms with Gasteiger partial charge in [0.1, 0.15) is 11.6 Å². The summed E-state index contributed by atoms with van der Waals surface area (Å²) < 4.78 is 25.9. The standard InChI is InChI=1S/C25H28FN5O4/c26-18-2-4-19-24-23(18)15(5-10-31(24)22(33)14-35-19)12-30-8-6-16(7-9-30)27-11-17-1-3-20-25(28-17)29-21(32)13-34-20/h1-4,15-16,27H,5-14H2,(H,28,29,32). The van der Waals surface area contributed by atoms with Gasteiger partial charge in [0.2, 0.25) is 0 Å². The van der Waals surface area contributed by atoms with Crippen molar-refractivity contribution in [2.45, 2.75) is 37.8 Å². The van der Waals surface area contributed by atoms with Crippen LogP contribution in [0.4, 0.5) is 15.9 Å². The summed E-state index contributed by atoms with van der Waals surface area (Å²) >= 11 is 0. The molecule has 4 aliphatic heterocycles. The minimum atomic E-state index is -0.257. The summed E-state index contributed by atoms with van der Waals surface area (Å²) in [5, 5.41) is 6.32. The highest BCUT2D eigenvalue weighted by atomic mass is 19.1. The lowest BCUT2D eigenvalue weighted by Gasteiger charge is -2.41. The van der Waals surface area contributed by atoms with Crippen molar-refractivity contribution >= 4 is 23.3 Å². The van der Waals surface area contributed by atoms with Crippen LogP contribution in [0.3, 0.4) is 0 Å². The fourth-order valence-corrected chi connectivity index (χ4v) is 5.52. The van der Waals surface area contributed by atoms with Crippen molar-refractivity contribution in [3.05, 3.63) is 41.3 Å². The summed E-state index contributed by atoms with van der Waals surface area (Å²) in [5.41, 5.74) is 2.11. The maximum absolute atomic E-state index is 14.9. The van der Waals surface area contributed by atoms with Crippen LogP contribution in [0.25, 0.3) is 0 Å². The van der Waals surface area contributed by atoms with E-state index in [0.717, 1.165) is 44.6 Å². The number of piperidine rings is 1. The number of fused-ring (bicyclic) bond motifs is 1. The lowest BCUT2D eigenvalue weighted by molar-refractivity contribution is -0.121. The minimum absolute atomic E-state index is 0.0205. The number of nitrogens with one attached hydrogen (secondary N) is 2. The number of likely N-dealkylation sites (tertiary alicyclic amines) is 1. The highest BCUT2D eigenvalue weighted by Gasteiger charge is 2.37. The van der Waals surface area contributed by atoms with Crippen molar-refractivity contribution in [1.82, 2.24) is 15.2 Å². The Kier molecular flexibility index (Phi) is 5.77. The average Bonchev–Trinajstić information content (AvgIpc) is 2.87. The Morgan fingerprint density at radius 3 is 2.69 bits per heavy atom. The number of amides is 2. The summed E-state index contributed by atoms with van der Waals surface area (Å²) in [4.78, 5) is 32.4. The first-order chi connectivity index (χ1) is 17.0. The third-order valence-electron chi connectivity index (χ3n) is 7.33. The molecule has 1 aromatic heterocycles. The van der Waals surface area contributed by atoms with Crippen LogP contribution in [-0.2, 0) is 16.1 Å². The molecule has 2 amide bonds. The number of carbonyl (C=O) groups is 2. The molecule has 0 bridgehead atoms. The van der Waals surface area contributed by atoms with E-state index < -0.39 is 0 Å². The fourth-order valence-electron chi connectivity index (χ4n) is 5.52. The Hall–Kier alpha value is -3.24. The quantitative estimate of drug-likeness (QED) is 0.675. The number of ether oxygens (including phenoxy) is 2. The van der Waals surface area contributed by atoms with Crippen LogP contribution < -0.4 is 25.0 Å². The van der Waals surface area contributed by atoms with Crippen molar-refractivity contribution < 1.29 is 23.5 Å². The SMILES string of the molecule is O=C1COc2ccc(CNC3CCN(CC4CCN5C(=O)COc6ccc(F)c4c65)CC3)nc2N1. The summed E-state index contributed by atoms with van der Waals surface area (Å²) in [5.74, 6) is 1.17. The van der Waals surface area contributed by atoms with E-state index in [1.54, 1.807) is 11.0 Å². The number of pyridine rings is 1. The van der Waals surface area contributed by atoms with E-state index >= 15 is 0 Å². The number of hydrogen-bond acceptors (Lipinski definition) is 7. The van der Waals surface area contributed by atoms with E-state index in [-0.39, 0.29) is 36.8 Å². The molecule has 10 heteroatoms. The van der Waals surface area contributed by atoms with Crippen LogP contribution >= 0.6 is 0 Å². The number of anilines is 2. The molecule has 184 valence electrons. The van der Waals surface area contributed by atoms with Gasteiger partial charge in [-0.15, -0.1) is 0 Å². The number of nitrogens with zero attached hydrogens (tertiary/aromatic N) is 3. The maximum Gasteiger partial charge on any atom is 0.265 e. The maximum atomic E-state index is 14.9. The third kappa shape index (κ3) is 4.32. The Bertz CT molecular complexity index is 1170. The van der Waals surface area contributed by atoms with Gasteiger partial charge in [-0.25, -0.2) is 9.37 Å². The number of hydrogen-bond donors (Lipinski definition) is 2. The second-order valence-corrected chi connectivity index (χ2v) is 9.57. The Morgan fingerprint density at radius 2 is 1.83 bits per heavy atom. The molecular weight excluding hydrogens is 453 g/mol. The molecule has 9 nitrogen and oxygen atoms in total. The molecule has 0 spiro atoms. The lowest BCUT2D eigenvalue weighted by atomic mass is 9.87. The van der Waals surface area contributed by atoms with E-state index in [0.29, 0.717) is 47.7 Å². The largest absolute Gasteiger partial charge is 0.482 e. The molecule has 0 saturated carbocycles. The molecule has 1 aromatic carbocycles. The molecule has 4 aliphatic rings. The molecule has 1 saturated heterocycles. The van der Waals surface area contributed by atoms with Gasteiger partial charge < -0.3 is 29.9 Å². The zero-order valence-corrected chi connectivity index (χ0v) is 19.4. The number of aromatic nitrogens is 1. The van der Waals surface area contributed by atoms with Gasteiger partial charge in [0.25, 0.3) is 11.8 Å². The van der Waals surface area contributed by atoms with Gasteiger partial charge in [0, 0.05) is 37.2 Å². The van der Waals surface area contributed by atoms with Crippen LogP contribution in [0.1, 0.15) is 36.4 Å². The number of rotatable bonds is 5. The van der Waals surface area contributed by atoms with Gasteiger partial charge in [0.05, 0.1) is 11.4 Å². The van der Waals surface area contributed by atoms with Gasteiger partial charge in [-0.2, -0.15) is 0 Å². The summed E-state index contributed by atoms with van der Waals surface area (Å²) in [7, 11) is 0. The number of benzene rings is 1. The van der Waals surface area contributed by atoms with Gasteiger partial charge in [-0.1, -0.05) is 0 Å². The average molecular weight is 482 g/mol. The number of carbonyl (C=O) groups excluding carboxylic acids is 2. The van der Waals surface area contributed by atoms with Gasteiger partial charge in [0.15, 0.2) is 24.8 Å². The number of halogens is 1. The molecule has 2 N–H and O–H groups in total. The first-order valence-electron chi connectivity index (χ1n) is 12.2. The van der Waals surface area contributed by atoms with E-state index in [1.165, 1.54) is 6.07 Å². The molecule has 1 atom stereocenters. The van der Waals surface area contributed by atoms with Crippen molar-refractivity contribution in [2.24, 2.45) is 0 Å². The van der Waals surface area contributed by atoms with Gasteiger partial charge in [-0.3, -0.25) is 9.59 Å². The van der Waals surface area contributed by atoms with Crippen LogP contribution in [0.2, 0.25) is 0 Å². The van der Waals surface area contributed by atoms with E-state index in [2.05, 4.69) is 20.5 Å². The fraction of sp³-hybridized carbons (Fsp3) is 0.480. The van der Waals surface area contributed by atoms with Crippen molar-refractivity contribution in [3.8, 4) is 11.5 Å². The van der Waals surface area contributed by atoms with Crippen molar-refractivity contribution in [1.29, 1.82) is 0 Å². The summed E-state index contributed by atoms with van der Waals surface area (Å²) in [6, 6.07) is 7.21. The molecule has 5 heterocycles. The highest BCUT2D eigenvalue weighted by Crippen LogP contribution is 2.45. The molecule has 1 unspecified atom stereocenters. The molecular formula is C25H28FN5O4. The van der Waals surface area contributed by atoms with Crippen molar-refractivity contribution in [3.63, 3.8) is 0 Å². The molecule has 2 aromatic rings. The predicted molar refractivity (Wildman–Crippen MR) is 126 cm³/mol. The second kappa shape index (κ2) is 9.09. The van der Waals surface area contributed by atoms with Gasteiger partial charge >= 0.3 is 0 Å². The molecule has 6 rings (SSSR count). The Balaban J connectivity index is 1.05.